The molecule has 0 saturated carbocycles. The summed E-state index contributed by atoms with van der Waals surface area (Å²) in [7, 11) is 1.81. The standard InChI is InChI=1S/C15H18N4O3/c1-9-11-6-10(7-16-12(11)18(3)17-9)13(20)19-5-4-15(2,8-19)14(21)22/h6-7H,4-5,8H2,1-3H3,(H,21,22). The second kappa shape index (κ2) is 4.79. The molecule has 0 aliphatic carbocycles. The van der Waals surface area contributed by atoms with Gasteiger partial charge in [0.25, 0.3) is 5.91 Å². The van der Waals surface area contributed by atoms with E-state index in [1.165, 1.54) is 6.20 Å². The van der Waals surface area contributed by atoms with Gasteiger partial charge in [-0.25, -0.2) is 4.98 Å². The molecule has 1 atom stereocenters. The number of aryl methyl sites for hydroxylation is 2. The minimum Gasteiger partial charge on any atom is -0.481 e. The first-order valence-corrected chi connectivity index (χ1v) is 7.14. The Balaban J connectivity index is 1.90. The van der Waals surface area contributed by atoms with Crippen LogP contribution in [0.1, 0.15) is 29.4 Å². The molecular weight excluding hydrogens is 284 g/mol. The third kappa shape index (κ3) is 2.13. The van der Waals surface area contributed by atoms with Gasteiger partial charge in [0.05, 0.1) is 16.7 Å². The Hall–Kier alpha value is -2.44. The molecule has 1 fully saturated rings. The van der Waals surface area contributed by atoms with E-state index < -0.39 is 11.4 Å². The lowest BCUT2D eigenvalue weighted by molar-refractivity contribution is -0.147. The van der Waals surface area contributed by atoms with Crippen LogP contribution in [0.15, 0.2) is 12.3 Å². The molecule has 1 amide bonds. The van der Waals surface area contributed by atoms with E-state index in [0.29, 0.717) is 18.5 Å². The van der Waals surface area contributed by atoms with E-state index in [9.17, 15) is 14.7 Å². The molecule has 1 aliphatic rings. The SMILES string of the molecule is Cc1nn(C)c2ncc(C(=O)N3CCC(C)(C(=O)O)C3)cc12. The average Bonchev–Trinajstić information content (AvgIpc) is 3.01. The Morgan fingerprint density at radius 2 is 2.14 bits per heavy atom. The molecule has 2 aromatic rings. The molecule has 1 unspecified atom stereocenters. The highest BCUT2D eigenvalue weighted by Crippen LogP contribution is 2.31. The van der Waals surface area contributed by atoms with Crippen LogP contribution in [-0.4, -0.2) is 49.7 Å². The first kappa shape index (κ1) is 14.5. The number of aromatic nitrogens is 3. The highest BCUT2D eigenvalue weighted by molar-refractivity contribution is 5.98. The number of nitrogens with zero attached hydrogens (tertiary/aromatic N) is 4. The van der Waals surface area contributed by atoms with Crippen molar-refractivity contribution in [3.63, 3.8) is 0 Å². The Morgan fingerprint density at radius 3 is 2.77 bits per heavy atom. The van der Waals surface area contributed by atoms with Gasteiger partial charge in [0.15, 0.2) is 5.65 Å². The quantitative estimate of drug-likeness (QED) is 0.901. The zero-order valence-electron chi connectivity index (χ0n) is 12.8. The van der Waals surface area contributed by atoms with Crippen LogP contribution >= 0.6 is 0 Å². The molecule has 22 heavy (non-hydrogen) atoms. The van der Waals surface area contributed by atoms with E-state index in [0.717, 1.165) is 16.7 Å². The van der Waals surface area contributed by atoms with E-state index >= 15 is 0 Å². The first-order valence-electron chi connectivity index (χ1n) is 7.14. The second-order valence-electron chi connectivity index (χ2n) is 6.15. The number of carboxylic acids is 1. The van der Waals surface area contributed by atoms with Crippen molar-refractivity contribution < 1.29 is 14.7 Å². The summed E-state index contributed by atoms with van der Waals surface area (Å²) in [4.78, 5) is 29.8. The lowest BCUT2D eigenvalue weighted by atomic mass is 9.90. The second-order valence-corrected chi connectivity index (χ2v) is 6.15. The Kier molecular flexibility index (Phi) is 3.16. The van der Waals surface area contributed by atoms with E-state index in [2.05, 4.69) is 10.1 Å². The number of aliphatic carboxylic acids is 1. The molecule has 7 heteroatoms. The van der Waals surface area contributed by atoms with Crippen LogP contribution in [0.3, 0.4) is 0 Å². The normalized spacial score (nSPS) is 21.5. The minimum absolute atomic E-state index is 0.178. The number of carbonyl (C=O) groups excluding carboxylic acids is 1. The van der Waals surface area contributed by atoms with Gasteiger partial charge in [-0.05, 0) is 26.3 Å². The van der Waals surface area contributed by atoms with Crippen LogP contribution in [0, 0.1) is 12.3 Å². The largest absolute Gasteiger partial charge is 0.481 e. The maximum Gasteiger partial charge on any atom is 0.311 e. The fourth-order valence-corrected chi connectivity index (χ4v) is 2.92. The van der Waals surface area contributed by atoms with Crippen molar-refractivity contribution in [1.82, 2.24) is 19.7 Å². The number of likely N-dealkylation sites (tertiary alicyclic amines) is 1. The molecule has 1 aliphatic heterocycles. The smallest absolute Gasteiger partial charge is 0.311 e. The molecular formula is C15H18N4O3. The number of amides is 1. The van der Waals surface area contributed by atoms with Gasteiger partial charge in [0.2, 0.25) is 0 Å². The zero-order chi connectivity index (χ0) is 16.1. The maximum absolute atomic E-state index is 12.6. The molecule has 2 aromatic heterocycles. The fraction of sp³-hybridized carbons (Fsp3) is 0.467. The van der Waals surface area contributed by atoms with Crippen LogP contribution in [0.5, 0.6) is 0 Å². The fourth-order valence-electron chi connectivity index (χ4n) is 2.92. The molecule has 116 valence electrons. The Morgan fingerprint density at radius 1 is 1.41 bits per heavy atom. The summed E-state index contributed by atoms with van der Waals surface area (Å²) in [5.74, 6) is -1.04. The number of hydrogen-bond acceptors (Lipinski definition) is 4. The van der Waals surface area contributed by atoms with E-state index in [-0.39, 0.29) is 12.5 Å². The van der Waals surface area contributed by atoms with Crippen molar-refractivity contribution in [3.05, 3.63) is 23.5 Å². The third-order valence-electron chi connectivity index (χ3n) is 4.39. The molecule has 0 bridgehead atoms. The molecule has 0 spiro atoms. The number of rotatable bonds is 2. The summed E-state index contributed by atoms with van der Waals surface area (Å²) in [6.07, 6.45) is 2.00. The molecule has 1 N–H and O–H groups in total. The summed E-state index contributed by atoms with van der Waals surface area (Å²) in [6, 6.07) is 1.78. The number of hydrogen-bond donors (Lipinski definition) is 1. The first-order chi connectivity index (χ1) is 10.3. The summed E-state index contributed by atoms with van der Waals surface area (Å²) < 4.78 is 1.68. The van der Waals surface area contributed by atoms with Crippen LogP contribution in [0.25, 0.3) is 11.0 Å². The molecule has 3 heterocycles. The molecule has 3 rings (SSSR count). The monoisotopic (exact) mass is 302 g/mol. The van der Waals surface area contributed by atoms with Crippen molar-refractivity contribution in [2.75, 3.05) is 13.1 Å². The minimum atomic E-state index is -0.864. The van der Waals surface area contributed by atoms with Crippen molar-refractivity contribution in [3.8, 4) is 0 Å². The summed E-state index contributed by atoms with van der Waals surface area (Å²) >= 11 is 0. The average molecular weight is 302 g/mol. The van der Waals surface area contributed by atoms with Crippen LogP contribution < -0.4 is 0 Å². The maximum atomic E-state index is 12.6. The van der Waals surface area contributed by atoms with Crippen molar-refractivity contribution >= 4 is 22.9 Å². The van der Waals surface area contributed by atoms with Gasteiger partial charge in [0, 0.05) is 31.7 Å². The van der Waals surface area contributed by atoms with Gasteiger partial charge in [-0.3, -0.25) is 14.3 Å². The number of pyridine rings is 1. The van der Waals surface area contributed by atoms with Crippen molar-refractivity contribution in [1.29, 1.82) is 0 Å². The van der Waals surface area contributed by atoms with Gasteiger partial charge in [-0.15, -0.1) is 0 Å². The number of carbonyl (C=O) groups is 2. The predicted molar refractivity (Wildman–Crippen MR) is 79.5 cm³/mol. The molecule has 7 nitrogen and oxygen atoms in total. The Bertz CT molecular complexity index is 782. The van der Waals surface area contributed by atoms with Crippen molar-refractivity contribution in [2.24, 2.45) is 12.5 Å². The predicted octanol–water partition coefficient (Wildman–Crippen LogP) is 1.21. The Labute approximate surface area is 127 Å². The van der Waals surface area contributed by atoms with Crippen LogP contribution in [-0.2, 0) is 11.8 Å². The number of fused-ring (bicyclic) bond motifs is 1. The van der Waals surface area contributed by atoms with Crippen molar-refractivity contribution in [2.45, 2.75) is 20.3 Å². The van der Waals surface area contributed by atoms with E-state index in [4.69, 9.17) is 0 Å². The summed E-state index contributed by atoms with van der Waals surface area (Å²) in [5.41, 5.74) is 1.15. The van der Waals surface area contributed by atoms with Gasteiger partial charge in [-0.1, -0.05) is 0 Å². The number of carboxylic acid groups (broad SMARTS) is 1. The van der Waals surface area contributed by atoms with Crippen LogP contribution in [0.2, 0.25) is 0 Å². The third-order valence-corrected chi connectivity index (χ3v) is 4.39. The lowest BCUT2D eigenvalue weighted by Gasteiger charge is -2.20. The van der Waals surface area contributed by atoms with Gasteiger partial charge >= 0.3 is 5.97 Å². The molecule has 1 saturated heterocycles. The summed E-state index contributed by atoms with van der Waals surface area (Å²) in [6.45, 7) is 4.22. The van der Waals surface area contributed by atoms with Gasteiger partial charge < -0.3 is 10.0 Å². The highest BCUT2D eigenvalue weighted by atomic mass is 16.4. The molecule has 0 radical (unpaired) electrons. The van der Waals surface area contributed by atoms with Gasteiger partial charge in [0.1, 0.15) is 0 Å². The topological polar surface area (TPSA) is 88.3 Å². The molecule has 0 aromatic carbocycles. The lowest BCUT2D eigenvalue weighted by Crippen LogP contribution is -2.34. The highest BCUT2D eigenvalue weighted by Gasteiger charge is 2.42. The van der Waals surface area contributed by atoms with Crippen LogP contribution in [0.4, 0.5) is 0 Å². The van der Waals surface area contributed by atoms with E-state index in [1.807, 2.05) is 14.0 Å². The summed E-state index contributed by atoms with van der Waals surface area (Å²) in [5, 5.41) is 14.4. The van der Waals surface area contributed by atoms with Gasteiger partial charge in [-0.2, -0.15) is 5.10 Å². The van der Waals surface area contributed by atoms with E-state index in [1.54, 1.807) is 22.6 Å². The zero-order valence-corrected chi connectivity index (χ0v) is 12.8.